The summed E-state index contributed by atoms with van der Waals surface area (Å²) < 4.78 is 5.24. The third kappa shape index (κ3) is 3.57. The normalized spacial score (nSPS) is 17.7. The minimum Gasteiger partial charge on any atom is -0.384 e. The number of aliphatic hydroxyl groups excluding tert-OH is 1. The number of benzene rings is 1. The maximum Gasteiger partial charge on any atom is 0.252 e. The Balaban J connectivity index is 2.20. The van der Waals surface area contributed by atoms with E-state index in [1.165, 1.54) is 0 Å². The molecule has 1 heterocycles. The van der Waals surface area contributed by atoms with Crippen LogP contribution in [0.25, 0.3) is 0 Å². The van der Waals surface area contributed by atoms with Gasteiger partial charge in [-0.3, -0.25) is 4.79 Å². The maximum atomic E-state index is 12.2. The van der Waals surface area contributed by atoms with E-state index >= 15 is 0 Å². The summed E-state index contributed by atoms with van der Waals surface area (Å²) >= 11 is 0. The Hall–Kier alpha value is -1.83. The van der Waals surface area contributed by atoms with Crippen molar-refractivity contribution in [3.8, 4) is 11.8 Å². The van der Waals surface area contributed by atoms with E-state index in [2.05, 4.69) is 17.2 Å². The predicted octanol–water partition coefficient (Wildman–Crippen LogP) is 0.858. The molecule has 1 saturated heterocycles. The van der Waals surface area contributed by atoms with Crippen LogP contribution in [0.4, 0.5) is 0 Å². The van der Waals surface area contributed by atoms with Gasteiger partial charge in [0.25, 0.3) is 5.91 Å². The zero-order valence-corrected chi connectivity index (χ0v) is 10.9. The molecule has 0 bridgehead atoms. The summed E-state index contributed by atoms with van der Waals surface area (Å²) in [4.78, 5) is 12.2. The van der Waals surface area contributed by atoms with Crippen molar-refractivity contribution in [1.29, 1.82) is 0 Å². The van der Waals surface area contributed by atoms with Crippen molar-refractivity contribution in [2.45, 2.75) is 19.4 Å². The molecule has 4 nitrogen and oxygen atoms in total. The molecule has 19 heavy (non-hydrogen) atoms. The Bertz CT molecular complexity index is 522. The molecule has 1 aromatic rings. The average molecular weight is 259 g/mol. The van der Waals surface area contributed by atoms with Crippen molar-refractivity contribution in [3.63, 3.8) is 0 Å². The van der Waals surface area contributed by atoms with E-state index in [0.717, 1.165) is 12.0 Å². The molecule has 1 fully saturated rings. The Kier molecular flexibility index (Phi) is 4.56. The number of amides is 1. The SMILES string of the molecule is Cc1ccc(C#CCO)c(C(=O)NC2CCOC2)c1. The summed E-state index contributed by atoms with van der Waals surface area (Å²) in [6.45, 7) is 2.97. The quantitative estimate of drug-likeness (QED) is 0.774. The van der Waals surface area contributed by atoms with E-state index in [-0.39, 0.29) is 18.6 Å². The summed E-state index contributed by atoms with van der Waals surface area (Å²) in [6.07, 6.45) is 0.842. The highest BCUT2D eigenvalue weighted by Crippen LogP contribution is 2.12. The number of aryl methyl sites for hydroxylation is 1. The summed E-state index contributed by atoms with van der Waals surface area (Å²) in [5, 5.41) is 11.7. The maximum absolute atomic E-state index is 12.2. The summed E-state index contributed by atoms with van der Waals surface area (Å²) in [6, 6.07) is 5.59. The predicted molar refractivity (Wildman–Crippen MR) is 71.8 cm³/mol. The first kappa shape index (κ1) is 13.6. The highest BCUT2D eigenvalue weighted by Gasteiger charge is 2.19. The topological polar surface area (TPSA) is 58.6 Å². The lowest BCUT2D eigenvalue weighted by Crippen LogP contribution is -2.35. The van der Waals surface area contributed by atoms with E-state index in [0.29, 0.717) is 24.3 Å². The number of carbonyl (C=O) groups excluding carboxylic acids is 1. The van der Waals surface area contributed by atoms with Crippen molar-refractivity contribution in [2.75, 3.05) is 19.8 Å². The first-order chi connectivity index (χ1) is 9.20. The van der Waals surface area contributed by atoms with Crippen LogP contribution in [0.1, 0.15) is 27.9 Å². The van der Waals surface area contributed by atoms with Crippen LogP contribution in [-0.4, -0.2) is 36.9 Å². The van der Waals surface area contributed by atoms with E-state index in [4.69, 9.17) is 9.84 Å². The van der Waals surface area contributed by atoms with Crippen LogP contribution in [0.3, 0.4) is 0 Å². The van der Waals surface area contributed by atoms with Gasteiger partial charge in [0, 0.05) is 12.2 Å². The molecule has 1 aliphatic rings. The van der Waals surface area contributed by atoms with Gasteiger partial charge in [-0.15, -0.1) is 0 Å². The Labute approximate surface area is 112 Å². The van der Waals surface area contributed by atoms with Gasteiger partial charge < -0.3 is 15.2 Å². The third-order valence-electron chi connectivity index (χ3n) is 2.99. The van der Waals surface area contributed by atoms with E-state index in [1.807, 2.05) is 19.1 Å². The molecule has 0 radical (unpaired) electrons. The van der Waals surface area contributed by atoms with Gasteiger partial charge in [-0.05, 0) is 25.5 Å². The molecule has 4 heteroatoms. The van der Waals surface area contributed by atoms with Crippen LogP contribution in [-0.2, 0) is 4.74 Å². The summed E-state index contributed by atoms with van der Waals surface area (Å²) in [7, 11) is 0. The molecule has 1 amide bonds. The van der Waals surface area contributed by atoms with E-state index in [9.17, 15) is 4.79 Å². The van der Waals surface area contributed by atoms with Gasteiger partial charge in [-0.2, -0.15) is 0 Å². The van der Waals surface area contributed by atoms with Crippen LogP contribution in [0.2, 0.25) is 0 Å². The van der Waals surface area contributed by atoms with Crippen molar-refractivity contribution in [2.24, 2.45) is 0 Å². The van der Waals surface area contributed by atoms with Gasteiger partial charge in [0.2, 0.25) is 0 Å². The van der Waals surface area contributed by atoms with Crippen molar-refractivity contribution >= 4 is 5.91 Å². The second-order valence-electron chi connectivity index (χ2n) is 4.54. The molecule has 1 aromatic carbocycles. The van der Waals surface area contributed by atoms with Gasteiger partial charge in [0.15, 0.2) is 0 Å². The fourth-order valence-electron chi connectivity index (χ4n) is 2.00. The minimum absolute atomic E-state index is 0.0756. The number of nitrogens with one attached hydrogen (secondary N) is 1. The van der Waals surface area contributed by atoms with Crippen LogP contribution in [0.5, 0.6) is 0 Å². The Morgan fingerprint density at radius 1 is 1.58 bits per heavy atom. The van der Waals surface area contributed by atoms with Crippen molar-refractivity contribution < 1.29 is 14.6 Å². The van der Waals surface area contributed by atoms with Crippen LogP contribution in [0, 0.1) is 18.8 Å². The van der Waals surface area contributed by atoms with Crippen molar-refractivity contribution in [3.05, 3.63) is 34.9 Å². The lowest BCUT2D eigenvalue weighted by Gasteiger charge is -2.12. The first-order valence-corrected chi connectivity index (χ1v) is 6.29. The van der Waals surface area contributed by atoms with E-state index in [1.54, 1.807) is 6.07 Å². The standard InChI is InChI=1S/C15H17NO3/c1-11-4-5-12(3-2-7-17)14(9-11)15(18)16-13-6-8-19-10-13/h4-5,9,13,17H,6-8,10H2,1H3,(H,16,18). The number of hydrogen-bond acceptors (Lipinski definition) is 3. The highest BCUT2D eigenvalue weighted by atomic mass is 16.5. The van der Waals surface area contributed by atoms with E-state index < -0.39 is 0 Å². The largest absolute Gasteiger partial charge is 0.384 e. The molecule has 100 valence electrons. The third-order valence-corrected chi connectivity index (χ3v) is 2.99. The fraction of sp³-hybridized carbons (Fsp3) is 0.400. The molecular formula is C15H17NO3. The lowest BCUT2D eigenvalue weighted by molar-refractivity contribution is 0.0929. The Morgan fingerprint density at radius 3 is 3.11 bits per heavy atom. The summed E-state index contributed by atoms with van der Waals surface area (Å²) in [5.41, 5.74) is 2.19. The molecule has 0 aliphatic carbocycles. The number of ether oxygens (including phenoxy) is 1. The van der Waals surface area contributed by atoms with Gasteiger partial charge in [-0.25, -0.2) is 0 Å². The molecule has 0 aromatic heterocycles. The smallest absolute Gasteiger partial charge is 0.252 e. The molecule has 2 rings (SSSR count). The number of hydrogen-bond donors (Lipinski definition) is 2. The molecule has 2 N–H and O–H groups in total. The Morgan fingerprint density at radius 2 is 2.42 bits per heavy atom. The highest BCUT2D eigenvalue weighted by molar-refractivity contribution is 5.97. The van der Waals surface area contributed by atoms with Gasteiger partial charge in [0.1, 0.15) is 6.61 Å². The fourth-order valence-corrected chi connectivity index (χ4v) is 2.00. The number of rotatable bonds is 2. The zero-order chi connectivity index (χ0) is 13.7. The second-order valence-corrected chi connectivity index (χ2v) is 4.54. The minimum atomic E-state index is -0.217. The second kappa shape index (κ2) is 6.37. The number of carbonyl (C=O) groups is 1. The lowest BCUT2D eigenvalue weighted by atomic mass is 10.0. The van der Waals surface area contributed by atoms with Gasteiger partial charge in [0.05, 0.1) is 18.2 Å². The molecule has 0 saturated carbocycles. The van der Waals surface area contributed by atoms with Crippen LogP contribution in [0.15, 0.2) is 18.2 Å². The monoisotopic (exact) mass is 259 g/mol. The molecular weight excluding hydrogens is 242 g/mol. The molecule has 1 atom stereocenters. The van der Waals surface area contributed by atoms with Crippen LogP contribution >= 0.6 is 0 Å². The first-order valence-electron chi connectivity index (χ1n) is 6.29. The molecule has 1 unspecified atom stereocenters. The number of aliphatic hydroxyl groups is 1. The van der Waals surface area contributed by atoms with Crippen LogP contribution < -0.4 is 5.32 Å². The molecule has 1 aliphatic heterocycles. The van der Waals surface area contributed by atoms with Gasteiger partial charge >= 0.3 is 0 Å². The average Bonchev–Trinajstić information content (AvgIpc) is 2.90. The van der Waals surface area contributed by atoms with Crippen molar-refractivity contribution in [1.82, 2.24) is 5.32 Å². The zero-order valence-electron chi connectivity index (χ0n) is 10.9. The summed E-state index contributed by atoms with van der Waals surface area (Å²) in [5.74, 6) is 5.24. The molecule has 0 spiro atoms. The van der Waals surface area contributed by atoms with Gasteiger partial charge in [-0.1, -0.05) is 23.5 Å².